The fraction of sp³-hybridized carbons (Fsp3) is 0.643. The average molecular weight is 1420 g/mol. The number of aliphatic carboxylic acids is 1. The van der Waals surface area contributed by atoms with Gasteiger partial charge in [-0.3, -0.25) is 48.2 Å². The molecule has 0 bridgehead atoms. The first-order valence-corrected chi connectivity index (χ1v) is 33.7. The summed E-state index contributed by atoms with van der Waals surface area (Å²) < 4.78 is 61.3. The minimum absolute atomic E-state index is 0.00198. The first-order valence-electron chi connectivity index (χ1n) is 33.7. The predicted molar refractivity (Wildman–Crippen MR) is 352 cm³/mol. The van der Waals surface area contributed by atoms with E-state index < -0.39 is 96.0 Å². The van der Waals surface area contributed by atoms with Crippen molar-refractivity contribution >= 4 is 53.2 Å². The lowest BCUT2D eigenvalue weighted by Crippen LogP contribution is -2.61. The fourth-order valence-corrected chi connectivity index (χ4v) is 10.0. The number of amides is 5. The number of nitrogens with zero attached hydrogens (tertiary/aromatic N) is 2. The predicted octanol–water partition coefficient (Wildman–Crippen LogP) is 2.24. The molecule has 5 amide bonds. The molecule has 0 radical (unpaired) electrons. The van der Waals surface area contributed by atoms with Crippen LogP contribution in [0.2, 0.25) is 0 Å². The maximum Gasteiger partial charge on any atom is 0.335 e. The Labute approximate surface area is 582 Å². The van der Waals surface area contributed by atoms with Crippen LogP contribution in [0.1, 0.15) is 129 Å². The number of aliphatic hydroxyl groups is 6. The summed E-state index contributed by atoms with van der Waals surface area (Å²) in [5.74, 6) is -3.48. The Balaban J connectivity index is 0.000000362. The van der Waals surface area contributed by atoms with Crippen molar-refractivity contribution < 1.29 is 131 Å². The largest absolute Gasteiger partial charge is 0.479 e. The number of hydrogen-bond donors (Lipinski definition) is 8. The maximum atomic E-state index is 12.5. The Morgan fingerprint density at radius 3 is 1.37 bits per heavy atom. The first kappa shape index (κ1) is 83.5. The lowest BCUT2D eigenvalue weighted by Gasteiger charge is -2.39. The van der Waals surface area contributed by atoms with Gasteiger partial charge in [0, 0.05) is 94.1 Å². The summed E-state index contributed by atoms with van der Waals surface area (Å²) in [6.45, 7) is 16.3. The standard InChI is InChI=1S/C38H57NO13.C32H44N2O14/c1-26-33(43)34(44)35(45)36(51-26)52-30-14-13-27(24-28(30)25-50-37(46)38(2,3)4)10-8-18-47-20-22-49-23-21-48-19-9-12-29(40)11-6-5-7-17-39-31(41)15-16-32(39)42;1-32(2,3)31(43)46-18-20-17-19(6-7-21(20)47-30-27(40)25(38)26(39)28(48-30)29(41)42)5-4-13-44-15-16-45-14-11-33-22(35)10-12-34-23(36)8-9-24(34)37/h13-16,24,26,33-36,43-45H,5-12,17-23,25H2,1-4H3;6-9,17,25-28,30,38-40H,4-5,10-16,18H2,1-3H3,(H,33,35)(H,41,42)/t26-,33-,34+,35-,36+;25-,26-,27+,28-,30+/m10/s1. The summed E-state index contributed by atoms with van der Waals surface area (Å²) in [6.07, 6.45) is -3.78. The SMILES string of the molecule is CC(C)(C)C(=O)OCc1cc(CCCOCCOCCNC(=O)CCN2C(=O)C=CC2=O)ccc1O[C@@H]1O[C@H](C(=O)O)[C@@H](O)[C@H](O)[C@H]1O.C[C@H]1O[C@@H](Oc2ccc(CCCOCCOCCOCCCC(=O)CCCCCN3C(=O)C=CC3=O)cc2COC(=O)C(C)(C)C)[C@H](O)[C@@H](O)[C@@H]1O. The highest BCUT2D eigenvalue weighted by Crippen LogP contribution is 2.32. The molecule has 558 valence electrons. The van der Waals surface area contributed by atoms with E-state index in [0.717, 1.165) is 35.3 Å². The number of aryl methyl sites for hydroxylation is 2. The van der Waals surface area contributed by atoms with Crippen LogP contribution >= 0.6 is 0 Å². The molecule has 2 aromatic carbocycles. The third kappa shape index (κ3) is 28.3. The molecule has 2 saturated heterocycles. The van der Waals surface area contributed by atoms with Gasteiger partial charge in [0.25, 0.3) is 23.6 Å². The Morgan fingerprint density at radius 2 is 0.900 bits per heavy atom. The molecular formula is C70H101N3O27. The summed E-state index contributed by atoms with van der Waals surface area (Å²) in [5.41, 5.74) is 1.31. The molecule has 0 saturated carbocycles. The van der Waals surface area contributed by atoms with Gasteiger partial charge in [0.1, 0.15) is 67.1 Å². The number of aliphatic hydroxyl groups excluding tert-OH is 6. The number of Topliss-reactive ketones (excluding diaryl/α,β-unsaturated/α-hetero) is 1. The van der Waals surface area contributed by atoms with Gasteiger partial charge in [0.2, 0.25) is 18.5 Å². The summed E-state index contributed by atoms with van der Waals surface area (Å²) >= 11 is 0. The highest BCUT2D eigenvalue weighted by atomic mass is 16.7. The number of rotatable bonds is 42. The Morgan fingerprint density at radius 1 is 0.480 bits per heavy atom. The molecule has 0 aromatic heterocycles. The van der Waals surface area contributed by atoms with Gasteiger partial charge in [-0.1, -0.05) is 18.6 Å². The number of carbonyl (C=O) groups excluding carboxylic acids is 8. The molecule has 30 nitrogen and oxygen atoms in total. The van der Waals surface area contributed by atoms with E-state index in [1.807, 2.05) is 12.1 Å². The molecule has 6 rings (SSSR count). The summed E-state index contributed by atoms with van der Waals surface area (Å²) in [5, 5.41) is 73.1. The van der Waals surface area contributed by atoms with Crippen molar-refractivity contribution in [3.05, 3.63) is 83.0 Å². The van der Waals surface area contributed by atoms with Crippen LogP contribution < -0.4 is 14.8 Å². The Bertz CT molecular complexity index is 3020. The van der Waals surface area contributed by atoms with E-state index in [0.29, 0.717) is 128 Å². The van der Waals surface area contributed by atoms with E-state index in [-0.39, 0.29) is 74.6 Å². The highest BCUT2D eigenvalue weighted by Gasteiger charge is 2.48. The molecule has 10 atom stereocenters. The Hall–Kier alpha value is -7.17. The van der Waals surface area contributed by atoms with Crippen molar-refractivity contribution in [1.29, 1.82) is 0 Å². The number of nitrogens with one attached hydrogen (secondary N) is 1. The number of imide groups is 2. The lowest BCUT2D eigenvalue weighted by molar-refractivity contribution is -0.271. The topological polar surface area (TPSA) is 415 Å². The van der Waals surface area contributed by atoms with Crippen molar-refractivity contribution in [3.8, 4) is 11.5 Å². The second-order valence-corrected chi connectivity index (χ2v) is 26.3. The van der Waals surface area contributed by atoms with Gasteiger partial charge in [-0.05, 0) is 129 Å². The second kappa shape index (κ2) is 42.3. The van der Waals surface area contributed by atoms with Crippen molar-refractivity contribution in [2.24, 2.45) is 10.8 Å². The van der Waals surface area contributed by atoms with Gasteiger partial charge in [-0.15, -0.1) is 0 Å². The number of carboxylic acid groups (broad SMARTS) is 1. The number of benzene rings is 2. The number of unbranched alkanes of at least 4 members (excludes halogenated alkanes) is 2. The molecule has 0 unspecified atom stereocenters. The minimum atomic E-state index is -1.87. The average Bonchev–Trinajstić information content (AvgIpc) is 1.12. The molecule has 4 aliphatic rings. The van der Waals surface area contributed by atoms with Gasteiger partial charge < -0.3 is 93.2 Å². The molecule has 30 heteroatoms. The highest BCUT2D eigenvalue weighted by molar-refractivity contribution is 6.13. The molecule has 4 aliphatic heterocycles. The van der Waals surface area contributed by atoms with Crippen LogP contribution in [0.25, 0.3) is 0 Å². The smallest absolute Gasteiger partial charge is 0.335 e. The first-order chi connectivity index (χ1) is 47.5. The van der Waals surface area contributed by atoms with E-state index in [9.17, 15) is 78.9 Å². The number of ether oxygens (including phenoxy) is 11. The van der Waals surface area contributed by atoms with E-state index >= 15 is 0 Å². The van der Waals surface area contributed by atoms with E-state index in [2.05, 4.69) is 5.32 Å². The zero-order valence-electron chi connectivity index (χ0n) is 58.1. The van der Waals surface area contributed by atoms with Gasteiger partial charge in [-0.2, -0.15) is 0 Å². The fourth-order valence-electron chi connectivity index (χ4n) is 10.0. The summed E-state index contributed by atoms with van der Waals surface area (Å²) in [6, 6.07) is 10.4. The molecule has 2 fully saturated rings. The molecular weight excluding hydrogens is 1310 g/mol. The molecule has 2 aromatic rings. The normalized spacial score (nSPS) is 22.2. The van der Waals surface area contributed by atoms with E-state index in [4.69, 9.17) is 52.1 Å². The van der Waals surface area contributed by atoms with Crippen LogP contribution in [0, 0.1) is 10.8 Å². The molecule has 4 heterocycles. The third-order valence-electron chi connectivity index (χ3n) is 15.9. The van der Waals surface area contributed by atoms with E-state index in [1.54, 1.807) is 72.7 Å². The number of carbonyl (C=O) groups is 9. The van der Waals surface area contributed by atoms with Crippen molar-refractivity contribution in [1.82, 2.24) is 15.1 Å². The number of hydrogen-bond acceptors (Lipinski definition) is 26. The van der Waals surface area contributed by atoms with E-state index in [1.165, 1.54) is 29.2 Å². The molecule has 100 heavy (non-hydrogen) atoms. The van der Waals surface area contributed by atoms with Crippen LogP contribution in [0.3, 0.4) is 0 Å². The summed E-state index contributed by atoms with van der Waals surface area (Å²) in [4.78, 5) is 109. The van der Waals surface area contributed by atoms with Crippen LogP contribution in [-0.4, -0.2) is 246 Å². The lowest BCUT2D eigenvalue weighted by atomic mass is 9.97. The van der Waals surface area contributed by atoms with Crippen LogP contribution in [0.5, 0.6) is 11.5 Å². The van der Waals surface area contributed by atoms with Crippen LogP contribution in [0.4, 0.5) is 0 Å². The number of esters is 2. The monoisotopic (exact) mass is 1420 g/mol. The summed E-state index contributed by atoms with van der Waals surface area (Å²) in [7, 11) is 0. The molecule has 0 aliphatic carbocycles. The van der Waals surface area contributed by atoms with Crippen molar-refractivity contribution in [2.75, 3.05) is 85.7 Å². The second-order valence-electron chi connectivity index (χ2n) is 26.3. The van der Waals surface area contributed by atoms with Crippen LogP contribution in [-0.2, 0) is 112 Å². The van der Waals surface area contributed by atoms with Crippen molar-refractivity contribution in [2.45, 2.75) is 194 Å². The number of carboxylic acids is 1. The third-order valence-corrected chi connectivity index (χ3v) is 15.9. The van der Waals surface area contributed by atoms with Gasteiger partial charge in [0.15, 0.2) is 6.10 Å². The molecule has 8 N–H and O–H groups in total. The van der Waals surface area contributed by atoms with Gasteiger partial charge >= 0.3 is 17.9 Å². The minimum Gasteiger partial charge on any atom is -0.479 e. The van der Waals surface area contributed by atoms with Gasteiger partial charge in [0.05, 0.1) is 63.2 Å². The number of ketones is 1. The quantitative estimate of drug-likeness (QED) is 0.0268. The molecule has 0 spiro atoms. The Kier molecular flexibility index (Phi) is 35.3. The zero-order chi connectivity index (χ0) is 73.5. The van der Waals surface area contributed by atoms with Gasteiger partial charge in [-0.25, -0.2) is 4.79 Å². The zero-order valence-corrected chi connectivity index (χ0v) is 58.1. The maximum absolute atomic E-state index is 12.5. The van der Waals surface area contributed by atoms with Crippen LogP contribution in [0.15, 0.2) is 60.7 Å². The van der Waals surface area contributed by atoms with Crippen molar-refractivity contribution in [3.63, 3.8) is 0 Å².